The lowest BCUT2D eigenvalue weighted by atomic mass is 10.2. The van der Waals surface area contributed by atoms with Gasteiger partial charge in [-0.2, -0.15) is 5.10 Å². The van der Waals surface area contributed by atoms with Crippen molar-refractivity contribution in [1.29, 1.82) is 0 Å². The van der Waals surface area contributed by atoms with E-state index >= 15 is 0 Å². The van der Waals surface area contributed by atoms with Crippen molar-refractivity contribution in [1.82, 2.24) is 15.1 Å². The summed E-state index contributed by atoms with van der Waals surface area (Å²) in [5.74, 6) is 0.970. The van der Waals surface area contributed by atoms with E-state index in [2.05, 4.69) is 42.6 Å². The van der Waals surface area contributed by atoms with Gasteiger partial charge in [0.2, 0.25) is 0 Å². The molecule has 1 atom stereocenters. The molecule has 3 aromatic rings. The SMILES string of the molecule is CCCNC(Cn1cc(C)cn1)c1cc2ccccc2o1. The second kappa shape index (κ2) is 6.14. The fraction of sp³-hybridized carbons (Fsp3) is 0.353. The number of hydrogen-bond acceptors (Lipinski definition) is 3. The van der Waals surface area contributed by atoms with E-state index in [-0.39, 0.29) is 6.04 Å². The Labute approximate surface area is 124 Å². The third kappa shape index (κ3) is 3.16. The first-order valence-corrected chi connectivity index (χ1v) is 7.47. The van der Waals surface area contributed by atoms with Gasteiger partial charge in [-0.1, -0.05) is 25.1 Å². The van der Waals surface area contributed by atoms with E-state index in [4.69, 9.17) is 4.42 Å². The summed E-state index contributed by atoms with van der Waals surface area (Å²) in [6.45, 7) is 5.95. The average molecular weight is 283 g/mol. The van der Waals surface area contributed by atoms with Crippen molar-refractivity contribution in [3.63, 3.8) is 0 Å². The summed E-state index contributed by atoms with van der Waals surface area (Å²) in [5, 5.41) is 9.07. The van der Waals surface area contributed by atoms with Crippen LogP contribution < -0.4 is 5.32 Å². The van der Waals surface area contributed by atoms with Gasteiger partial charge in [0, 0.05) is 11.6 Å². The van der Waals surface area contributed by atoms with Gasteiger partial charge in [0.1, 0.15) is 11.3 Å². The van der Waals surface area contributed by atoms with E-state index in [1.807, 2.05) is 29.1 Å². The van der Waals surface area contributed by atoms with Crippen LogP contribution in [0.25, 0.3) is 11.0 Å². The van der Waals surface area contributed by atoms with Crippen LogP contribution in [0.2, 0.25) is 0 Å². The zero-order chi connectivity index (χ0) is 14.7. The fourth-order valence-electron chi connectivity index (χ4n) is 2.50. The summed E-state index contributed by atoms with van der Waals surface area (Å²) in [4.78, 5) is 0. The molecule has 3 rings (SSSR count). The van der Waals surface area contributed by atoms with E-state index in [1.54, 1.807) is 0 Å². The van der Waals surface area contributed by atoms with Crippen LogP contribution in [0.1, 0.15) is 30.7 Å². The smallest absolute Gasteiger partial charge is 0.134 e. The van der Waals surface area contributed by atoms with E-state index < -0.39 is 0 Å². The highest BCUT2D eigenvalue weighted by atomic mass is 16.3. The number of furan rings is 1. The van der Waals surface area contributed by atoms with Crippen molar-refractivity contribution in [3.8, 4) is 0 Å². The van der Waals surface area contributed by atoms with Crippen molar-refractivity contribution < 1.29 is 4.42 Å². The van der Waals surface area contributed by atoms with Crippen LogP contribution in [0.4, 0.5) is 0 Å². The summed E-state index contributed by atoms with van der Waals surface area (Å²) in [6, 6.07) is 10.4. The molecule has 0 saturated carbocycles. The van der Waals surface area contributed by atoms with Crippen molar-refractivity contribution in [2.45, 2.75) is 32.9 Å². The maximum atomic E-state index is 6.00. The second-order valence-electron chi connectivity index (χ2n) is 5.43. The van der Waals surface area contributed by atoms with Gasteiger partial charge in [-0.25, -0.2) is 0 Å². The van der Waals surface area contributed by atoms with Crippen LogP contribution >= 0.6 is 0 Å². The summed E-state index contributed by atoms with van der Waals surface area (Å²) in [6.07, 6.45) is 5.04. The molecular formula is C17H21N3O. The number of rotatable bonds is 6. The normalized spacial score (nSPS) is 12.9. The van der Waals surface area contributed by atoms with Gasteiger partial charge in [0.25, 0.3) is 0 Å². The molecule has 0 radical (unpaired) electrons. The zero-order valence-corrected chi connectivity index (χ0v) is 12.5. The Morgan fingerprint density at radius 2 is 2.19 bits per heavy atom. The minimum Gasteiger partial charge on any atom is -0.459 e. The summed E-state index contributed by atoms with van der Waals surface area (Å²) >= 11 is 0. The zero-order valence-electron chi connectivity index (χ0n) is 12.5. The molecule has 21 heavy (non-hydrogen) atoms. The number of hydrogen-bond donors (Lipinski definition) is 1. The van der Waals surface area contributed by atoms with E-state index in [1.165, 1.54) is 5.56 Å². The second-order valence-corrected chi connectivity index (χ2v) is 5.43. The molecule has 0 aliphatic heterocycles. The van der Waals surface area contributed by atoms with Gasteiger partial charge < -0.3 is 9.73 Å². The van der Waals surface area contributed by atoms with Gasteiger partial charge in [-0.3, -0.25) is 4.68 Å². The first-order chi connectivity index (χ1) is 10.3. The van der Waals surface area contributed by atoms with Crippen molar-refractivity contribution in [3.05, 3.63) is 54.0 Å². The van der Waals surface area contributed by atoms with Crippen LogP contribution in [-0.4, -0.2) is 16.3 Å². The molecule has 2 heterocycles. The van der Waals surface area contributed by atoms with Crippen LogP contribution in [0.15, 0.2) is 47.1 Å². The first-order valence-electron chi connectivity index (χ1n) is 7.47. The van der Waals surface area contributed by atoms with Gasteiger partial charge in [0.15, 0.2) is 0 Å². The van der Waals surface area contributed by atoms with Gasteiger partial charge >= 0.3 is 0 Å². The molecule has 1 unspecified atom stereocenters. The number of nitrogens with zero attached hydrogens (tertiary/aromatic N) is 2. The molecule has 0 fully saturated rings. The van der Waals surface area contributed by atoms with Gasteiger partial charge in [-0.15, -0.1) is 0 Å². The molecule has 4 nitrogen and oxygen atoms in total. The highest BCUT2D eigenvalue weighted by Gasteiger charge is 2.16. The average Bonchev–Trinajstić information content (AvgIpc) is 3.09. The van der Waals surface area contributed by atoms with Gasteiger partial charge in [0.05, 0.1) is 18.8 Å². The Balaban J connectivity index is 1.86. The largest absolute Gasteiger partial charge is 0.459 e. The van der Waals surface area contributed by atoms with E-state index in [0.29, 0.717) is 0 Å². The molecule has 0 aliphatic rings. The number of aryl methyl sites for hydroxylation is 1. The molecule has 4 heteroatoms. The maximum Gasteiger partial charge on any atom is 0.134 e. The topological polar surface area (TPSA) is 43.0 Å². The predicted molar refractivity (Wildman–Crippen MR) is 84.2 cm³/mol. The quantitative estimate of drug-likeness (QED) is 0.750. The molecule has 0 bridgehead atoms. The minimum absolute atomic E-state index is 0.136. The third-order valence-corrected chi connectivity index (χ3v) is 3.56. The molecule has 2 aromatic heterocycles. The van der Waals surface area contributed by atoms with Crippen molar-refractivity contribution >= 4 is 11.0 Å². The Hall–Kier alpha value is -2.07. The molecule has 0 spiro atoms. The molecular weight excluding hydrogens is 262 g/mol. The van der Waals surface area contributed by atoms with Gasteiger partial charge in [-0.05, 0) is 37.6 Å². The lowest BCUT2D eigenvalue weighted by molar-refractivity contribution is 0.376. The summed E-state index contributed by atoms with van der Waals surface area (Å²) in [5.41, 5.74) is 2.11. The molecule has 110 valence electrons. The Morgan fingerprint density at radius 3 is 2.90 bits per heavy atom. The molecule has 1 N–H and O–H groups in total. The highest BCUT2D eigenvalue weighted by molar-refractivity contribution is 5.77. The molecule has 1 aromatic carbocycles. The standard InChI is InChI=1S/C17H21N3O/c1-3-8-18-15(12-20-11-13(2)10-19-20)17-9-14-6-4-5-7-16(14)21-17/h4-7,9-11,15,18H,3,8,12H2,1-2H3. The monoisotopic (exact) mass is 283 g/mol. The molecule has 0 saturated heterocycles. The lowest BCUT2D eigenvalue weighted by Crippen LogP contribution is -2.26. The predicted octanol–water partition coefficient (Wildman–Crippen LogP) is 3.68. The Kier molecular flexibility index (Phi) is 4.06. The van der Waals surface area contributed by atoms with Crippen molar-refractivity contribution in [2.75, 3.05) is 6.54 Å². The van der Waals surface area contributed by atoms with Crippen LogP contribution in [0.5, 0.6) is 0 Å². The third-order valence-electron chi connectivity index (χ3n) is 3.56. The van der Waals surface area contributed by atoms with Crippen LogP contribution in [-0.2, 0) is 6.54 Å². The number of fused-ring (bicyclic) bond motifs is 1. The minimum atomic E-state index is 0.136. The molecule has 0 aliphatic carbocycles. The van der Waals surface area contributed by atoms with E-state index in [9.17, 15) is 0 Å². The Morgan fingerprint density at radius 1 is 1.33 bits per heavy atom. The number of aromatic nitrogens is 2. The fourth-order valence-corrected chi connectivity index (χ4v) is 2.50. The van der Waals surface area contributed by atoms with Crippen molar-refractivity contribution in [2.24, 2.45) is 0 Å². The molecule has 0 amide bonds. The first kappa shape index (κ1) is 13.9. The summed E-state index contributed by atoms with van der Waals surface area (Å²) < 4.78 is 7.97. The summed E-state index contributed by atoms with van der Waals surface area (Å²) in [7, 11) is 0. The maximum absolute atomic E-state index is 6.00. The lowest BCUT2D eigenvalue weighted by Gasteiger charge is -2.16. The number of para-hydroxylation sites is 1. The van der Waals surface area contributed by atoms with Crippen LogP contribution in [0, 0.1) is 6.92 Å². The van der Waals surface area contributed by atoms with Crippen LogP contribution in [0.3, 0.4) is 0 Å². The Bertz CT molecular complexity index is 680. The number of benzene rings is 1. The highest BCUT2D eigenvalue weighted by Crippen LogP contribution is 2.24. The number of nitrogens with one attached hydrogen (secondary N) is 1. The van der Waals surface area contributed by atoms with E-state index in [0.717, 1.165) is 36.2 Å².